The van der Waals surface area contributed by atoms with Crippen LogP contribution >= 0.6 is 0 Å². The maximum atomic E-state index is 5.34. The van der Waals surface area contributed by atoms with Crippen LogP contribution in [0.3, 0.4) is 0 Å². The zero-order chi connectivity index (χ0) is 10.4. The quantitative estimate of drug-likeness (QED) is 0.598. The Morgan fingerprint density at radius 2 is 1.93 bits per heavy atom. The van der Waals surface area contributed by atoms with Gasteiger partial charge in [-0.2, -0.15) is 0 Å². The van der Waals surface area contributed by atoms with Gasteiger partial charge in [0.1, 0.15) is 0 Å². The van der Waals surface area contributed by atoms with E-state index in [1.807, 2.05) is 31.2 Å². The normalized spacial score (nSPS) is 11.4. The summed E-state index contributed by atoms with van der Waals surface area (Å²) in [4.78, 5) is 4.38. The van der Waals surface area contributed by atoms with E-state index in [9.17, 15) is 0 Å². The zero-order valence-electron chi connectivity index (χ0n) is 8.49. The van der Waals surface area contributed by atoms with Crippen LogP contribution in [0.15, 0.2) is 29.3 Å². The van der Waals surface area contributed by atoms with Gasteiger partial charge < -0.3 is 0 Å². The molecule has 0 atom stereocenters. The van der Waals surface area contributed by atoms with E-state index in [0.717, 1.165) is 22.5 Å². The molecule has 0 aliphatic rings. The molecule has 75 valence electrons. The molecule has 14 heavy (non-hydrogen) atoms. The van der Waals surface area contributed by atoms with Crippen molar-refractivity contribution in [3.05, 3.63) is 24.3 Å². The van der Waals surface area contributed by atoms with Crippen LogP contribution in [-0.2, 0) is 0 Å². The Labute approximate surface area is 93.2 Å². The molecule has 0 heterocycles. The van der Waals surface area contributed by atoms with Gasteiger partial charge in [-0.1, -0.05) is 0 Å². The topological polar surface area (TPSA) is 21.6 Å². The Hall–Kier alpha value is -0.791. The molecule has 1 radical (unpaired) electrons. The second-order valence-electron chi connectivity index (χ2n) is 2.79. The van der Waals surface area contributed by atoms with Crippen molar-refractivity contribution in [2.75, 3.05) is 6.61 Å². The van der Waals surface area contributed by atoms with Crippen LogP contribution in [0.25, 0.3) is 0 Å². The first-order valence-electron chi connectivity index (χ1n) is 4.73. The van der Waals surface area contributed by atoms with E-state index in [1.54, 1.807) is 0 Å². The number of hydrogen-bond acceptors (Lipinski definition) is 2. The van der Waals surface area contributed by atoms with Crippen LogP contribution in [0.5, 0.6) is 5.75 Å². The van der Waals surface area contributed by atoms with E-state index in [4.69, 9.17) is 4.74 Å². The number of aliphatic imine (C=N–C) groups is 1. The van der Waals surface area contributed by atoms with E-state index < -0.39 is 0 Å². The first-order chi connectivity index (χ1) is 6.76. The van der Waals surface area contributed by atoms with Gasteiger partial charge in [-0.15, -0.1) is 0 Å². The average Bonchev–Trinajstić information content (AvgIpc) is 2.21. The van der Waals surface area contributed by atoms with Crippen molar-refractivity contribution < 1.29 is 4.74 Å². The molecule has 2 nitrogen and oxygen atoms in total. The van der Waals surface area contributed by atoms with E-state index in [2.05, 4.69) is 27.9 Å². The van der Waals surface area contributed by atoms with Gasteiger partial charge in [0.05, 0.1) is 0 Å². The summed E-state index contributed by atoms with van der Waals surface area (Å²) in [6.07, 6.45) is 0.938. The van der Waals surface area contributed by atoms with Crippen LogP contribution in [-0.4, -0.2) is 27.2 Å². The monoisotopic (exact) mass is 256 g/mol. The molecule has 0 fully saturated rings. The molecule has 0 N–H and O–H groups in total. The number of ether oxygens (including phenoxy) is 1. The second kappa shape index (κ2) is 5.84. The molecule has 0 aliphatic heterocycles. The maximum absolute atomic E-state index is 5.34. The Balaban J connectivity index is 2.73. The molecule has 0 amide bonds. The van der Waals surface area contributed by atoms with Crippen LogP contribution in [0.2, 0.25) is 0 Å². The zero-order valence-corrected chi connectivity index (χ0v) is 10.2. The summed E-state index contributed by atoms with van der Waals surface area (Å²) in [5.41, 5.74) is 0.962. The molecular formula is C11H14NOSe. The summed E-state index contributed by atoms with van der Waals surface area (Å²) in [7, 11) is 0. The Kier molecular flexibility index (Phi) is 4.71. The van der Waals surface area contributed by atoms with Gasteiger partial charge in [-0.05, 0) is 0 Å². The van der Waals surface area contributed by atoms with Crippen molar-refractivity contribution in [1.29, 1.82) is 0 Å². The van der Waals surface area contributed by atoms with Crippen LogP contribution in [0.1, 0.15) is 20.3 Å². The number of hydrogen-bond donors (Lipinski definition) is 0. The summed E-state index contributed by atoms with van der Waals surface area (Å²) < 4.78 is 6.36. The first kappa shape index (κ1) is 11.3. The van der Waals surface area contributed by atoms with Gasteiger partial charge in [-0.25, -0.2) is 0 Å². The third-order valence-electron chi connectivity index (χ3n) is 1.70. The first-order valence-corrected chi connectivity index (χ1v) is 5.59. The van der Waals surface area contributed by atoms with Crippen molar-refractivity contribution >= 4 is 26.3 Å². The Morgan fingerprint density at radius 1 is 1.29 bits per heavy atom. The predicted molar refractivity (Wildman–Crippen MR) is 60.8 cm³/mol. The van der Waals surface area contributed by atoms with E-state index >= 15 is 0 Å². The molecule has 0 spiro atoms. The van der Waals surface area contributed by atoms with Gasteiger partial charge in [0, 0.05) is 0 Å². The minimum atomic E-state index is 0.699. The van der Waals surface area contributed by atoms with Crippen LogP contribution in [0, 0.1) is 0 Å². The molecule has 1 rings (SSSR count). The van der Waals surface area contributed by atoms with Crippen molar-refractivity contribution in [1.82, 2.24) is 0 Å². The van der Waals surface area contributed by atoms with Crippen molar-refractivity contribution in [3.63, 3.8) is 0 Å². The fraction of sp³-hybridized carbons (Fsp3) is 0.364. The minimum absolute atomic E-state index is 0.699. The number of benzene rings is 1. The van der Waals surface area contributed by atoms with Gasteiger partial charge in [0.25, 0.3) is 0 Å². The molecule has 0 aromatic heterocycles. The van der Waals surface area contributed by atoms with Crippen LogP contribution in [0.4, 0.5) is 5.69 Å². The third-order valence-corrected chi connectivity index (χ3v) is 2.50. The van der Waals surface area contributed by atoms with Gasteiger partial charge >= 0.3 is 92.9 Å². The second-order valence-corrected chi connectivity index (χ2v) is 3.77. The van der Waals surface area contributed by atoms with Crippen LogP contribution < -0.4 is 4.74 Å². The summed E-state index contributed by atoms with van der Waals surface area (Å²) in [5, 5.41) is 0. The standard InChI is InChI=1S/C11H14NOSe/c1-3-11(14)12-9-5-7-10(8-6-9)13-4-2/h5-8H,3-4H2,1-2H3. The molecule has 0 saturated carbocycles. The van der Waals surface area contributed by atoms with Gasteiger partial charge in [0.2, 0.25) is 0 Å². The van der Waals surface area contributed by atoms with Crippen molar-refractivity contribution in [3.8, 4) is 5.75 Å². The summed E-state index contributed by atoms with van der Waals surface area (Å²) in [5.74, 6) is 0.893. The molecule has 1 aromatic carbocycles. The molecule has 0 saturated heterocycles. The van der Waals surface area contributed by atoms with E-state index in [0.29, 0.717) is 6.61 Å². The van der Waals surface area contributed by atoms with E-state index in [-0.39, 0.29) is 0 Å². The fourth-order valence-electron chi connectivity index (χ4n) is 1.01. The summed E-state index contributed by atoms with van der Waals surface area (Å²) >= 11 is 2.93. The molecule has 0 unspecified atom stereocenters. The number of rotatable bonds is 4. The third kappa shape index (κ3) is 3.52. The molecule has 0 bridgehead atoms. The Bertz CT molecular complexity index is 306. The van der Waals surface area contributed by atoms with Crippen molar-refractivity contribution in [2.45, 2.75) is 20.3 Å². The van der Waals surface area contributed by atoms with Gasteiger partial charge in [-0.3, -0.25) is 0 Å². The molecule has 1 aromatic rings. The van der Waals surface area contributed by atoms with Gasteiger partial charge in [0.15, 0.2) is 0 Å². The average molecular weight is 255 g/mol. The summed E-state index contributed by atoms with van der Waals surface area (Å²) in [6, 6.07) is 7.78. The predicted octanol–water partition coefficient (Wildman–Crippen LogP) is 2.69. The molecule has 3 heteroatoms. The van der Waals surface area contributed by atoms with E-state index in [1.165, 1.54) is 0 Å². The van der Waals surface area contributed by atoms with Crippen molar-refractivity contribution in [2.24, 2.45) is 4.99 Å². The molecule has 0 aliphatic carbocycles. The SMILES string of the molecule is CCOc1ccc(N=C([Se])CC)cc1. The number of nitrogens with zero attached hydrogens (tertiary/aromatic N) is 1. The molecular weight excluding hydrogens is 241 g/mol. The Morgan fingerprint density at radius 3 is 2.43 bits per heavy atom. The summed E-state index contributed by atoms with van der Waals surface area (Å²) in [6.45, 7) is 4.75. The fourth-order valence-corrected chi connectivity index (χ4v) is 1.23.